The number of rotatable bonds is 5. The minimum atomic E-state index is -2.17. The normalized spacial score (nSPS) is 14.3. The Hall–Kier alpha value is -7.10. The van der Waals surface area contributed by atoms with Crippen LogP contribution in [0.1, 0.15) is 139 Å². The van der Waals surface area contributed by atoms with Crippen LogP contribution in [0.3, 0.4) is 0 Å². The van der Waals surface area contributed by atoms with E-state index in [1.54, 1.807) is 0 Å². The van der Waals surface area contributed by atoms with Gasteiger partial charge in [-0.1, -0.05) is 217 Å². The Morgan fingerprint density at radius 2 is 0.575 bits per heavy atom. The summed E-state index contributed by atoms with van der Waals surface area (Å²) in [4.78, 5) is 0. The Kier molecular flexibility index (Phi) is 13.3. The van der Waals surface area contributed by atoms with E-state index in [0.717, 1.165) is 122 Å². The Bertz CT molecular complexity index is 3670. The summed E-state index contributed by atoms with van der Waals surface area (Å²) >= 11 is 0. The van der Waals surface area contributed by atoms with Gasteiger partial charge in [-0.05, 0) is 125 Å². The molecule has 0 bridgehead atoms. The van der Waals surface area contributed by atoms with E-state index in [-0.39, 0.29) is 10.8 Å². The van der Waals surface area contributed by atoms with Crippen LogP contribution in [-0.4, -0.2) is 0 Å². The van der Waals surface area contributed by atoms with Crippen LogP contribution in [0.5, 0.6) is 34.5 Å². The van der Waals surface area contributed by atoms with Crippen molar-refractivity contribution < 1.29 is 27.1 Å². The molecule has 0 atom stereocenters. The summed E-state index contributed by atoms with van der Waals surface area (Å²) in [5.41, 5.74) is 11.5. The molecule has 2 heterocycles. The quantitative estimate of drug-likeness (QED) is 0.160. The van der Waals surface area contributed by atoms with Gasteiger partial charge < -0.3 is 27.1 Å². The van der Waals surface area contributed by atoms with Crippen LogP contribution in [0, 0.1) is 13.8 Å². The highest BCUT2D eigenvalue weighted by Gasteiger charge is 2.40. The Balaban J connectivity index is 1.13. The molecule has 2 aliphatic rings. The van der Waals surface area contributed by atoms with Crippen LogP contribution in [0.15, 0.2) is 158 Å². The van der Waals surface area contributed by atoms with Crippen LogP contribution in [0.4, 0.5) is 0 Å². The number of benzene rings is 10. The number of hydrogen-bond donors (Lipinski definition) is 0. The highest BCUT2D eigenvalue weighted by Crippen LogP contribution is 2.60. The summed E-state index contributed by atoms with van der Waals surface area (Å²) in [5.74, 6) is 4.34. The molecule has 0 N–H and O–H groups in total. The lowest BCUT2D eigenvalue weighted by atomic mass is 9.72. The van der Waals surface area contributed by atoms with Crippen molar-refractivity contribution >= 4 is 60.3 Å². The van der Waals surface area contributed by atoms with E-state index in [0.29, 0.717) is 24.3 Å². The van der Waals surface area contributed by atoms with Gasteiger partial charge in [0.25, 0.3) is 0 Å². The van der Waals surface area contributed by atoms with Crippen LogP contribution in [0.25, 0.3) is 54.2 Å². The second-order valence-corrected chi connectivity index (χ2v) is 28.0. The van der Waals surface area contributed by atoms with E-state index in [9.17, 15) is 0 Å². The van der Waals surface area contributed by atoms with Crippen molar-refractivity contribution in [2.24, 2.45) is 0 Å². The molecule has 0 aromatic heterocycles. The van der Waals surface area contributed by atoms with Crippen molar-refractivity contribution in [1.29, 1.82) is 0 Å². The lowest BCUT2D eigenvalue weighted by Gasteiger charge is -2.36. The van der Waals surface area contributed by atoms with E-state index in [1.165, 1.54) is 11.1 Å². The fraction of sp³-hybridized carbons (Fsp3) is 0.278. The maximum atomic E-state index is 7.79. The zero-order chi connectivity index (χ0) is 56.2. The van der Waals surface area contributed by atoms with Crippen LogP contribution < -0.4 is 27.1 Å². The monoisotopic (exact) mass is 1090 g/mol. The molecule has 8 heteroatoms. The van der Waals surface area contributed by atoms with Crippen molar-refractivity contribution in [3.8, 4) is 45.6 Å². The highest BCUT2D eigenvalue weighted by atomic mass is 31.2. The van der Waals surface area contributed by atoms with Gasteiger partial charge in [0, 0.05) is 57.3 Å². The molecular formula is C72H72O6P2. The fourth-order valence-corrected chi connectivity index (χ4v) is 14.5. The molecule has 406 valence electrons. The smallest absolute Gasteiger partial charge is 0.408 e. The zero-order valence-corrected chi connectivity index (χ0v) is 50.6. The lowest BCUT2D eigenvalue weighted by Crippen LogP contribution is -2.23. The zero-order valence-electron chi connectivity index (χ0n) is 48.8. The van der Waals surface area contributed by atoms with Gasteiger partial charge in [-0.15, -0.1) is 0 Å². The molecule has 0 saturated heterocycles. The molecule has 0 spiro atoms. The Labute approximate surface area is 475 Å². The topological polar surface area (TPSA) is 55.4 Å². The molecule has 12 rings (SSSR count). The van der Waals surface area contributed by atoms with Crippen LogP contribution in [-0.2, 0) is 34.5 Å². The molecular weight excluding hydrogens is 1020 g/mol. The van der Waals surface area contributed by atoms with Gasteiger partial charge >= 0.3 is 17.2 Å². The lowest BCUT2D eigenvalue weighted by molar-refractivity contribution is 0.373. The second kappa shape index (κ2) is 19.9. The summed E-state index contributed by atoms with van der Waals surface area (Å²) in [5, 5.41) is 9.16. The van der Waals surface area contributed by atoms with Crippen molar-refractivity contribution in [3.63, 3.8) is 0 Å². The van der Waals surface area contributed by atoms with E-state index < -0.39 is 28.0 Å². The van der Waals surface area contributed by atoms with Gasteiger partial charge in [-0.2, -0.15) is 0 Å². The third-order valence-corrected chi connectivity index (χ3v) is 18.3. The van der Waals surface area contributed by atoms with Gasteiger partial charge in [0.15, 0.2) is 0 Å². The highest BCUT2D eigenvalue weighted by molar-refractivity contribution is 7.43. The molecule has 10 aromatic carbocycles. The number of hydrogen-bond acceptors (Lipinski definition) is 6. The molecule has 0 amide bonds. The van der Waals surface area contributed by atoms with Gasteiger partial charge in [-0.3, -0.25) is 0 Å². The van der Waals surface area contributed by atoms with Crippen molar-refractivity contribution in [2.75, 3.05) is 0 Å². The van der Waals surface area contributed by atoms with Crippen molar-refractivity contribution in [1.82, 2.24) is 0 Å². The maximum Gasteiger partial charge on any atom is 0.530 e. The molecule has 2 aliphatic heterocycles. The van der Waals surface area contributed by atoms with Crippen molar-refractivity contribution in [3.05, 3.63) is 213 Å². The first kappa shape index (κ1) is 53.5. The molecule has 0 radical (unpaired) electrons. The maximum absolute atomic E-state index is 7.79. The molecule has 0 unspecified atom stereocenters. The largest absolute Gasteiger partial charge is 0.530 e. The SMILES string of the molecule is Cc1c(C(C)(C)C)cc(C(C)(C)C)c(OP2Oc3ccc4ccccc4c3Cc3c(ccc4ccccc34)O2)c1-c1c(C)c(C(C)(C)C)cc(C(C)(C)C)c1OP1Oc2ccc3ccccc3c2Cc2c(ccc3ccccc23)O1. The summed E-state index contributed by atoms with van der Waals surface area (Å²) in [6.45, 7) is 32.0. The van der Waals surface area contributed by atoms with E-state index in [4.69, 9.17) is 27.1 Å². The molecule has 0 fully saturated rings. The van der Waals surface area contributed by atoms with Gasteiger partial charge in [-0.25, -0.2) is 0 Å². The van der Waals surface area contributed by atoms with E-state index in [1.807, 2.05) is 0 Å². The third-order valence-electron chi connectivity index (χ3n) is 16.3. The predicted octanol–water partition coefficient (Wildman–Crippen LogP) is 21.1. The summed E-state index contributed by atoms with van der Waals surface area (Å²) < 4.78 is 44.6. The Morgan fingerprint density at radius 3 is 0.825 bits per heavy atom. The summed E-state index contributed by atoms with van der Waals surface area (Å²) in [6, 6.07) is 56.0. The first-order valence-corrected chi connectivity index (χ1v) is 30.3. The first-order valence-electron chi connectivity index (χ1n) is 28.1. The second-order valence-electron chi connectivity index (χ2n) is 26.0. The average molecular weight is 1100 g/mol. The third kappa shape index (κ3) is 9.71. The van der Waals surface area contributed by atoms with Crippen molar-refractivity contribution in [2.45, 2.75) is 131 Å². The molecule has 0 aliphatic carbocycles. The summed E-state index contributed by atoms with van der Waals surface area (Å²) in [6.07, 6.45) is 1.25. The first-order chi connectivity index (χ1) is 38.0. The van der Waals surface area contributed by atoms with Gasteiger partial charge in [0.2, 0.25) is 0 Å². The van der Waals surface area contributed by atoms with Gasteiger partial charge in [0.1, 0.15) is 34.5 Å². The fourth-order valence-electron chi connectivity index (χ4n) is 12.3. The standard InChI is InChI=1S/C72H72O6P2/c1-43-57(69(3,4)5)41-59(71(9,10)11)67(77-79-73-61-35-31-45-23-15-19-27-49(45)53(61)39-54-50-28-20-16-24-46(50)32-36-62(54)74-79)65(43)66-44(2)58(70(6,7)8)42-60(72(12,13)14)68(66)78-80-75-63-37-33-47-25-17-21-29-51(47)55(63)40-56-52-30-22-18-26-48(52)34-38-64(56)76-80/h15-38,41-42H,39-40H2,1-14H3. The minimum absolute atomic E-state index is 0.270. The molecule has 0 saturated carbocycles. The predicted molar refractivity (Wildman–Crippen MR) is 335 cm³/mol. The molecule has 10 aromatic rings. The molecule has 80 heavy (non-hydrogen) atoms. The van der Waals surface area contributed by atoms with E-state index >= 15 is 0 Å². The number of fused-ring (bicyclic) bond motifs is 12. The van der Waals surface area contributed by atoms with E-state index in [2.05, 4.69) is 255 Å². The Morgan fingerprint density at radius 1 is 0.325 bits per heavy atom. The minimum Gasteiger partial charge on any atom is -0.408 e. The van der Waals surface area contributed by atoms with Gasteiger partial charge in [0.05, 0.1) is 0 Å². The molecule has 6 nitrogen and oxygen atoms in total. The van der Waals surface area contributed by atoms with Crippen LogP contribution in [0.2, 0.25) is 0 Å². The summed E-state index contributed by atoms with van der Waals surface area (Å²) in [7, 11) is -4.34. The average Bonchev–Trinajstić information content (AvgIpc) is 3.59. The van der Waals surface area contributed by atoms with Crippen LogP contribution >= 0.6 is 17.2 Å².